The lowest BCUT2D eigenvalue weighted by molar-refractivity contribution is -0.577. The molecule has 0 unspecified atom stereocenters. The van der Waals surface area contributed by atoms with Gasteiger partial charge in [-0.1, -0.05) is 19.0 Å². The van der Waals surface area contributed by atoms with Gasteiger partial charge in [-0.05, 0) is 54.0 Å². The Morgan fingerprint density at radius 3 is 2.85 bits per heavy atom. The van der Waals surface area contributed by atoms with Crippen molar-refractivity contribution < 1.29 is 28.5 Å². The Balaban J connectivity index is 1.43. The van der Waals surface area contributed by atoms with Crippen molar-refractivity contribution in [1.82, 2.24) is 5.16 Å². The highest BCUT2D eigenvalue weighted by Crippen LogP contribution is 2.60. The normalized spacial score (nSPS) is 48.9. The average molecular weight is 444 g/mol. The Kier molecular flexibility index (Phi) is 4.46. The summed E-state index contributed by atoms with van der Waals surface area (Å²) in [6.07, 6.45) is 4.79. The molecule has 0 radical (unpaired) electrons. The Morgan fingerprint density at radius 1 is 1.22 bits per heavy atom. The molecule has 0 N–H and O–H groups in total. The molecule has 5 fully saturated rings. The second kappa shape index (κ2) is 6.50. The molecular formula is C19H26BrNO6. The fourth-order valence-corrected chi connectivity index (χ4v) is 5.86. The Labute approximate surface area is 167 Å². The van der Waals surface area contributed by atoms with Crippen LogP contribution in [0, 0.1) is 23.7 Å². The molecule has 4 aliphatic heterocycles. The molecule has 1 spiro atoms. The summed E-state index contributed by atoms with van der Waals surface area (Å²) in [5, 5.41) is 3.83. The quantitative estimate of drug-likeness (QED) is 0.649. The van der Waals surface area contributed by atoms with Gasteiger partial charge in [-0.2, -0.15) is 0 Å². The van der Waals surface area contributed by atoms with Crippen LogP contribution in [-0.2, 0) is 30.6 Å². The number of halogens is 1. The zero-order valence-corrected chi connectivity index (χ0v) is 17.4. The van der Waals surface area contributed by atoms with Crippen LogP contribution in [0.25, 0.3) is 0 Å². The van der Waals surface area contributed by atoms with E-state index in [1.807, 2.05) is 6.92 Å². The first kappa shape index (κ1) is 18.5. The van der Waals surface area contributed by atoms with Gasteiger partial charge >= 0.3 is 0 Å². The van der Waals surface area contributed by atoms with Crippen molar-refractivity contribution in [1.29, 1.82) is 0 Å². The van der Waals surface area contributed by atoms with Crippen LogP contribution < -0.4 is 0 Å². The van der Waals surface area contributed by atoms with Crippen LogP contribution in [0.4, 0.5) is 0 Å². The highest BCUT2D eigenvalue weighted by Gasteiger charge is 2.69. The highest BCUT2D eigenvalue weighted by atomic mass is 79.9. The van der Waals surface area contributed by atoms with Crippen molar-refractivity contribution in [2.24, 2.45) is 23.7 Å². The third kappa shape index (κ3) is 2.75. The van der Waals surface area contributed by atoms with E-state index in [0.717, 1.165) is 24.8 Å². The molecule has 27 heavy (non-hydrogen) atoms. The van der Waals surface area contributed by atoms with Gasteiger partial charge in [-0.25, -0.2) is 9.78 Å². The summed E-state index contributed by atoms with van der Waals surface area (Å²) in [5.41, 5.74) is 0.307. The second-order valence-electron chi connectivity index (χ2n) is 8.72. The topological polar surface area (TPSA) is 72.2 Å². The van der Waals surface area contributed by atoms with E-state index in [9.17, 15) is 0 Å². The van der Waals surface area contributed by atoms with E-state index >= 15 is 0 Å². The zero-order chi connectivity index (χ0) is 18.8. The van der Waals surface area contributed by atoms with Crippen molar-refractivity contribution in [2.75, 3.05) is 0 Å². The summed E-state index contributed by atoms with van der Waals surface area (Å²) in [5.74, 6) is 0.569. The minimum atomic E-state index is -0.764. The number of nitrogens with zero attached hydrogens (tertiary/aromatic N) is 1. The van der Waals surface area contributed by atoms with E-state index in [1.165, 1.54) is 6.42 Å². The summed E-state index contributed by atoms with van der Waals surface area (Å²) in [4.78, 5) is 12.0. The molecule has 6 rings (SSSR count). The first-order valence-corrected chi connectivity index (χ1v) is 10.6. The van der Waals surface area contributed by atoms with E-state index in [0.29, 0.717) is 23.0 Å². The van der Waals surface area contributed by atoms with Gasteiger partial charge in [0.05, 0.1) is 12.2 Å². The SMILES string of the molecule is C[C@H]1[C@@H](OCc2conc2Br)O[C@@H]2O[C@@]3(C)CC[C@H]4[C@H](C)CC[C@@H]1[C@@]24OO3. The third-order valence-electron chi connectivity index (χ3n) is 7.09. The average Bonchev–Trinajstić information content (AvgIpc) is 2.91. The molecule has 150 valence electrons. The minimum Gasteiger partial charge on any atom is -0.363 e. The minimum absolute atomic E-state index is 0.157. The van der Waals surface area contributed by atoms with E-state index in [-0.39, 0.29) is 18.1 Å². The first-order chi connectivity index (χ1) is 12.9. The molecule has 5 heterocycles. The molecule has 8 heteroatoms. The van der Waals surface area contributed by atoms with Gasteiger partial charge in [0.2, 0.25) is 5.79 Å². The lowest BCUT2D eigenvalue weighted by Crippen LogP contribution is -2.70. The van der Waals surface area contributed by atoms with Gasteiger partial charge in [0.15, 0.2) is 22.8 Å². The lowest BCUT2D eigenvalue weighted by atomic mass is 9.58. The third-order valence-corrected chi connectivity index (χ3v) is 7.75. The van der Waals surface area contributed by atoms with E-state index < -0.39 is 17.7 Å². The number of fused-ring (bicyclic) bond motifs is 2. The summed E-state index contributed by atoms with van der Waals surface area (Å²) in [6.45, 7) is 6.79. The lowest BCUT2D eigenvalue weighted by Gasteiger charge is -2.60. The summed E-state index contributed by atoms with van der Waals surface area (Å²) >= 11 is 3.37. The molecule has 1 aromatic heterocycles. The van der Waals surface area contributed by atoms with Crippen LogP contribution >= 0.6 is 15.9 Å². The van der Waals surface area contributed by atoms with Crippen molar-refractivity contribution in [3.8, 4) is 0 Å². The fraction of sp³-hybridized carbons (Fsp3) is 0.842. The van der Waals surface area contributed by atoms with Crippen LogP contribution in [0.2, 0.25) is 0 Å². The Morgan fingerprint density at radius 2 is 2.07 bits per heavy atom. The molecule has 7 nitrogen and oxygen atoms in total. The predicted molar refractivity (Wildman–Crippen MR) is 95.8 cm³/mol. The predicted octanol–water partition coefficient (Wildman–Crippen LogP) is 4.16. The van der Waals surface area contributed by atoms with Gasteiger partial charge in [0.1, 0.15) is 6.26 Å². The summed E-state index contributed by atoms with van der Waals surface area (Å²) in [6, 6.07) is 0. The van der Waals surface area contributed by atoms with Crippen LogP contribution in [-0.4, -0.2) is 29.1 Å². The summed E-state index contributed by atoms with van der Waals surface area (Å²) < 4.78 is 24.5. The molecule has 1 aromatic rings. The Hall–Kier alpha value is -0.510. The number of rotatable bonds is 3. The van der Waals surface area contributed by atoms with Crippen LogP contribution in [0.1, 0.15) is 52.0 Å². The maximum atomic E-state index is 6.38. The molecular weight excluding hydrogens is 418 g/mol. The fourth-order valence-electron chi connectivity index (χ4n) is 5.57. The monoisotopic (exact) mass is 443 g/mol. The number of hydrogen-bond acceptors (Lipinski definition) is 7. The molecule has 4 saturated heterocycles. The zero-order valence-electron chi connectivity index (χ0n) is 15.9. The molecule has 5 aliphatic rings. The molecule has 8 atom stereocenters. The van der Waals surface area contributed by atoms with Gasteiger partial charge in [-0.15, -0.1) is 0 Å². The van der Waals surface area contributed by atoms with Crippen molar-refractivity contribution in [3.63, 3.8) is 0 Å². The van der Waals surface area contributed by atoms with E-state index in [2.05, 4.69) is 34.9 Å². The van der Waals surface area contributed by atoms with Crippen LogP contribution in [0.15, 0.2) is 15.4 Å². The number of aromatic nitrogens is 1. The number of hydrogen-bond donors (Lipinski definition) is 0. The second-order valence-corrected chi connectivity index (χ2v) is 9.47. The molecule has 1 saturated carbocycles. The summed E-state index contributed by atoms with van der Waals surface area (Å²) in [7, 11) is 0. The smallest absolute Gasteiger partial charge is 0.201 e. The van der Waals surface area contributed by atoms with E-state index in [4.69, 9.17) is 28.5 Å². The molecule has 0 aromatic carbocycles. The largest absolute Gasteiger partial charge is 0.363 e. The van der Waals surface area contributed by atoms with E-state index in [1.54, 1.807) is 6.26 Å². The van der Waals surface area contributed by atoms with Gasteiger partial charge in [-0.3, -0.25) is 0 Å². The van der Waals surface area contributed by atoms with Gasteiger partial charge < -0.3 is 18.7 Å². The number of ether oxygens (including phenoxy) is 3. The maximum absolute atomic E-state index is 6.38. The van der Waals surface area contributed by atoms with Crippen LogP contribution in [0.5, 0.6) is 0 Å². The molecule has 1 aliphatic carbocycles. The molecule has 2 bridgehead atoms. The van der Waals surface area contributed by atoms with Gasteiger partial charge in [0, 0.05) is 18.3 Å². The highest BCUT2D eigenvalue weighted by molar-refractivity contribution is 9.10. The standard InChI is InChI=1S/C19H26BrNO6/c1-10-4-5-14-11(2)16(22-8-12-9-23-21-15(12)20)24-17-19(14)13(10)6-7-18(3,25-17)26-27-19/h9-11,13-14,16-17H,4-8H2,1-3H3/t10-,11-,13+,14+,16+,17-,18-,19-/m1/s1. The van der Waals surface area contributed by atoms with Crippen LogP contribution in [0.3, 0.4) is 0 Å². The molecule has 0 amide bonds. The Bertz CT molecular complexity index is 714. The maximum Gasteiger partial charge on any atom is 0.201 e. The van der Waals surface area contributed by atoms with Gasteiger partial charge in [0.25, 0.3) is 0 Å². The van der Waals surface area contributed by atoms with Crippen molar-refractivity contribution in [2.45, 2.75) is 77.0 Å². The van der Waals surface area contributed by atoms with Crippen molar-refractivity contribution >= 4 is 15.9 Å². The van der Waals surface area contributed by atoms with Crippen molar-refractivity contribution in [3.05, 3.63) is 16.4 Å². The first-order valence-electron chi connectivity index (χ1n) is 9.83.